The van der Waals surface area contributed by atoms with E-state index in [-0.39, 0.29) is 6.07 Å². The Labute approximate surface area is 109 Å². The molecule has 0 bridgehead atoms. The molecule has 20 heavy (non-hydrogen) atoms. The lowest BCUT2D eigenvalue weighted by Crippen LogP contribution is -2.54. The van der Waals surface area contributed by atoms with Crippen LogP contribution in [0.5, 0.6) is 0 Å². The summed E-state index contributed by atoms with van der Waals surface area (Å²) in [5, 5.41) is 9.12. The van der Waals surface area contributed by atoms with Gasteiger partial charge in [0.2, 0.25) is 0 Å². The number of nitrogens with two attached hydrogens (primary N) is 1. The first-order chi connectivity index (χ1) is 8.82. The molecule has 0 amide bonds. The van der Waals surface area contributed by atoms with Gasteiger partial charge in [-0.15, -0.1) is 0 Å². The number of halogens is 6. The van der Waals surface area contributed by atoms with Crippen molar-refractivity contribution in [2.24, 2.45) is 0 Å². The van der Waals surface area contributed by atoms with E-state index in [1.54, 1.807) is 0 Å². The maximum absolute atomic E-state index is 12.6. The Kier molecular flexibility index (Phi) is 3.98. The van der Waals surface area contributed by atoms with Gasteiger partial charge in [-0.3, -0.25) is 0 Å². The highest BCUT2D eigenvalue weighted by Gasteiger charge is 2.72. The molecule has 0 fully saturated rings. The van der Waals surface area contributed by atoms with Crippen LogP contribution in [0.4, 0.5) is 32.0 Å². The van der Waals surface area contributed by atoms with Crippen molar-refractivity contribution >= 4 is 16.4 Å². The topological polar surface area (TPSA) is 80.4 Å². The number of anilines is 1. The van der Waals surface area contributed by atoms with E-state index in [0.29, 0.717) is 6.07 Å². The number of rotatable bonds is 2. The van der Waals surface area contributed by atoms with Crippen molar-refractivity contribution in [2.75, 3.05) is 5.73 Å². The van der Waals surface area contributed by atoms with Crippen molar-refractivity contribution in [3.63, 3.8) is 0 Å². The Morgan fingerprint density at radius 1 is 1.00 bits per heavy atom. The summed E-state index contributed by atoms with van der Waals surface area (Å²) >= 11 is 0. The zero-order chi connectivity index (χ0) is 15.9. The predicted molar refractivity (Wildman–Crippen MR) is 55.4 cm³/mol. The highest BCUT2D eigenvalue weighted by Crippen LogP contribution is 2.51. The van der Waals surface area contributed by atoms with Crippen LogP contribution in [0.25, 0.3) is 0 Å². The smallest absolute Gasteiger partial charge is 0.398 e. The highest BCUT2D eigenvalue weighted by atomic mass is 32.2. The summed E-state index contributed by atoms with van der Waals surface area (Å²) in [6, 6.07) is 1.30. The van der Waals surface area contributed by atoms with Gasteiger partial charge in [0, 0.05) is 11.3 Å². The standard InChI is InChI=1S/C9H7F6NO3S/c10-8(11,12)7(17,9(13,14)15)5-3-4(20(18)19)1-2-6(5)16/h1-3,17,20H,16H2. The molecule has 11 heteroatoms. The van der Waals surface area contributed by atoms with Gasteiger partial charge < -0.3 is 10.8 Å². The van der Waals surface area contributed by atoms with E-state index >= 15 is 0 Å². The maximum atomic E-state index is 12.6. The second-order valence-corrected chi connectivity index (χ2v) is 4.77. The Balaban J connectivity index is 3.72. The van der Waals surface area contributed by atoms with E-state index in [1.807, 2.05) is 0 Å². The van der Waals surface area contributed by atoms with E-state index < -0.39 is 44.8 Å². The fraction of sp³-hybridized carbons (Fsp3) is 0.333. The Morgan fingerprint density at radius 2 is 1.45 bits per heavy atom. The first kappa shape index (κ1) is 16.6. The molecule has 1 aromatic carbocycles. The van der Waals surface area contributed by atoms with E-state index in [4.69, 9.17) is 10.8 Å². The molecule has 3 N–H and O–H groups in total. The summed E-state index contributed by atoms with van der Waals surface area (Å²) in [4.78, 5) is -0.837. The van der Waals surface area contributed by atoms with Crippen molar-refractivity contribution in [3.8, 4) is 0 Å². The first-order valence-corrected chi connectivity index (χ1v) is 5.90. The van der Waals surface area contributed by atoms with Crippen molar-refractivity contribution in [1.29, 1.82) is 0 Å². The zero-order valence-electron chi connectivity index (χ0n) is 9.29. The van der Waals surface area contributed by atoms with Crippen LogP contribution in [0.2, 0.25) is 0 Å². The van der Waals surface area contributed by atoms with Crippen LogP contribution in [0.3, 0.4) is 0 Å². The minimum atomic E-state index is -6.13. The summed E-state index contributed by atoms with van der Waals surface area (Å²) in [7, 11) is -3.44. The predicted octanol–water partition coefficient (Wildman–Crippen LogP) is 1.55. The minimum absolute atomic E-state index is 0.0437. The molecular weight excluding hydrogens is 316 g/mol. The SMILES string of the molecule is Nc1ccc([SH](=O)=O)cc1C(O)(C(F)(F)F)C(F)(F)F. The average Bonchev–Trinajstić information content (AvgIpc) is 2.25. The van der Waals surface area contributed by atoms with Crippen molar-refractivity contribution < 1.29 is 39.9 Å². The summed E-state index contributed by atoms with van der Waals surface area (Å²) in [6.45, 7) is 0. The normalized spacial score (nSPS) is 13.8. The number of aliphatic hydroxyl groups is 1. The van der Waals surface area contributed by atoms with Crippen LogP contribution in [0.15, 0.2) is 23.1 Å². The molecule has 0 atom stereocenters. The Bertz CT molecular complexity index is 570. The molecule has 0 aromatic heterocycles. The maximum Gasteiger partial charge on any atom is 0.430 e. The quantitative estimate of drug-likeness (QED) is 0.438. The monoisotopic (exact) mass is 323 g/mol. The molecule has 4 nitrogen and oxygen atoms in total. The summed E-state index contributed by atoms with van der Waals surface area (Å²) in [5.41, 5.74) is -3.07. The van der Waals surface area contributed by atoms with Gasteiger partial charge in [0.15, 0.2) is 10.7 Å². The van der Waals surface area contributed by atoms with Crippen LogP contribution in [-0.2, 0) is 16.3 Å². The highest BCUT2D eigenvalue weighted by molar-refractivity contribution is 7.72. The van der Waals surface area contributed by atoms with Gasteiger partial charge in [-0.25, -0.2) is 8.42 Å². The lowest BCUT2D eigenvalue weighted by Gasteiger charge is -2.33. The zero-order valence-corrected chi connectivity index (χ0v) is 10.2. The molecule has 0 aliphatic rings. The summed E-state index contributed by atoms with van der Waals surface area (Å²) in [6.07, 6.45) is -12.3. The molecule has 1 aromatic rings. The van der Waals surface area contributed by atoms with E-state index in [1.165, 1.54) is 0 Å². The molecular formula is C9H7F6NO3S. The fourth-order valence-electron chi connectivity index (χ4n) is 1.44. The summed E-state index contributed by atoms with van der Waals surface area (Å²) < 4.78 is 97.0. The molecule has 0 unspecified atom stereocenters. The molecule has 0 saturated carbocycles. The molecule has 0 aliphatic carbocycles. The van der Waals surface area contributed by atoms with Gasteiger partial charge >= 0.3 is 12.4 Å². The van der Waals surface area contributed by atoms with Gasteiger partial charge in [0.1, 0.15) is 0 Å². The van der Waals surface area contributed by atoms with Gasteiger partial charge in [0.25, 0.3) is 5.60 Å². The second-order valence-electron chi connectivity index (χ2n) is 3.73. The minimum Gasteiger partial charge on any atom is -0.398 e. The third kappa shape index (κ3) is 2.54. The molecule has 1 rings (SSSR count). The van der Waals surface area contributed by atoms with Gasteiger partial charge in [0.05, 0.1) is 4.90 Å². The number of hydrogen-bond acceptors (Lipinski definition) is 4. The number of thiol groups is 1. The molecule has 0 heterocycles. The second kappa shape index (κ2) is 4.81. The molecule has 0 spiro atoms. The van der Waals surface area contributed by atoms with Gasteiger partial charge in [-0.1, -0.05) is 0 Å². The lowest BCUT2D eigenvalue weighted by molar-refractivity contribution is -0.376. The lowest BCUT2D eigenvalue weighted by atomic mass is 9.91. The van der Waals surface area contributed by atoms with E-state index in [0.717, 1.165) is 6.07 Å². The van der Waals surface area contributed by atoms with E-state index in [2.05, 4.69) is 0 Å². The molecule has 0 saturated heterocycles. The van der Waals surface area contributed by atoms with Crippen molar-refractivity contribution in [2.45, 2.75) is 22.8 Å². The first-order valence-electron chi connectivity index (χ1n) is 4.72. The van der Waals surface area contributed by atoms with E-state index in [9.17, 15) is 34.8 Å². The Hall–Kier alpha value is -1.49. The van der Waals surface area contributed by atoms with Gasteiger partial charge in [-0.05, 0) is 18.2 Å². The Morgan fingerprint density at radius 3 is 1.80 bits per heavy atom. The largest absolute Gasteiger partial charge is 0.430 e. The third-order valence-electron chi connectivity index (χ3n) is 2.46. The molecule has 0 radical (unpaired) electrons. The van der Waals surface area contributed by atoms with Crippen molar-refractivity contribution in [3.05, 3.63) is 23.8 Å². The average molecular weight is 323 g/mol. The van der Waals surface area contributed by atoms with Crippen LogP contribution < -0.4 is 5.73 Å². The number of benzene rings is 1. The van der Waals surface area contributed by atoms with Crippen LogP contribution in [0, 0.1) is 0 Å². The summed E-state index contributed by atoms with van der Waals surface area (Å²) in [5.74, 6) is 0. The van der Waals surface area contributed by atoms with Gasteiger partial charge in [-0.2, -0.15) is 26.3 Å². The molecule has 0 aliphatic heterocycles. The van der Waals surface area contributed by atoms with Crippen LogP contribution in [0.1, 0.15) is 5.56 Å². The number of hydrogen-bond donors (Lipinski definition) is 3. The molecule has 114 valence electrons. The van der Waals surface area contributed by atoms with Crippen molar-refractivity contribution in [1.82, 2.24) is 0 Å². The van der Waals surface area contributed by atoms with Crippen LogP contribution in [-0.4, -0.2) is 25.9 Å². The number of alkyl halides is 6. The number of nitrogen functional groups attached to an aromatic ring is 1. The van der Waals surface area contributed by atoms with Crippen LogP contribution >= 0.6 is 0 Å². The third-order valence-corrected chi connectivity index (χ3v) is 3.16. The fourth-order valence-corrected chi connectivity index (χ4v) is 1.87.